The molecular formula is C17H17F3N2O3S. The molecule has 0 spiro atoms. The minimum atomic E-state index is -4.58. The standard InChI is InChI=1S/C17H17F3N2O3S/c1-4-11-9(3)26-15(13(11)16(24)25-5-2)22-14(23)10-6-7-12(21-8-10)17(18,19)20/h6-8H,4-5H2,1-3H3,(H,22,23). The van der Waals surface area contributed by atoms with Crippen LogP contribution < -0.4 is 5.32 Å². The van der Waals surface area contributed by atoms with Gasteiger partial charge < -0.3 is 10.1 Å². The highest BCUT2D eigenvalue weighted by atomic mass is 32.1. The van der Waals surface area contributed by atoms with Crippen molar-refractivity contribution in [2.75, 3.05) is 11.9 Å². The van der Waals surface area contributed by atoms with E-state index in [2.05, 4.69) is 10.3 Å². The fourth-order valence-electron chi connectivity index (χ4n) is 2.38. The summed E-state index contributed by atoms with van der Waals surface area (Å²) in [5, 5.41) is 2.89. The summed E-state index contributed by atoms with van der Waals surface area (Å²) in [4.78, 5) is 28.7. The lowest BCUT2D eigenvalue weighted by molar-refractivity contribution is -0.141. The number of thiophene rings is 1. The number of hydrogen-bond donors (Lipinski definition) is 1. The average molecular weight is 386 g/mol. The van der Waals surface area contributed by atoms with Gasteiger partial charge >= 0.3 is 12.1 Å². The molecule has 0 saturated carbocycles. The monoisotopic (exact) mass is 386 g/mol. The van der Waals surface area contributed by atoms with E-state index >= 15 is 0 Å². The molecule has 0 atom stereocenters. The van der Waals surface area contributed by atoms with Gasteiger partial charge in [-0.05, 0) is 38.0 Å². The molecule has 0 saturated heterocycles. The molecule has 0 fully saturated rings. The van der Waals surface area contributed by atoms with Crippen molar-refractivity contribution in [3.63, 3.8) is 0 Å². The third kappa shape index (κ3) is 4.21. The zero-order valence-corrected chi connectivity index (χ0v) is 15.2. The number of esters is 1. The molecule has 26 heavy (non-hydrogen) atoms. The number of nitrogens with one attached hydrogen (secondary N) is 1. The van der Waals surface area contributed by atoms with E-state index in [4.69, 9.17) is 4.74 Å². The third-order valence-corrected chi connectivity index (χ3v) is 4.65. The second kappa shape index (κ2) is 7.86. The van der Waals surface area contributed by atoms with Crippen molar-refractivity contribution in [2.24, 2.45) is 0 Å². The number of rotatable bonds is 5. The zero-order valence-electron chi connectivity index (χ0n) is 14.4. The smallest absolute Gasteiger partial charge is 0.433 e. The second-order valence-corrected chi connectivity index (χ2v) is 6.52. The highest BCUT2D eigenvalue weighted by Gasteiger charge is 2.32. The number of amides is 1. The van der Waals surface area contributed by atoms with E-state index in [9.17, 15) is 22.8 Å². The van der Waals surface area contributed by atoms with Gasteiger partial charge in [0.15, 0.2) is 0 Å². The Morgan fingerprint density at radius 3 is 2.46 bits per heavy atom. The topological polar surface area (TPSA) is 68.3 Å². The lowest BCUT2D eigenvalue weighted by Crippen LogP contribution is -2.16. The Balaban J connectivity index is 2.30. The minimum Gasteiger partial charge on any atom is -0.462 e. The molecule has 5 nitrogen and oxygen atoms in total. The molecule has 0 unspecified atom stereocenters. The predicted octanol–water partition coefficient (Wildman–Crippen LogP) is 4.46. The Morgan fingerprint density at radius 1 is 1.27 bits per heavy atom. The number of alkyl halides is 3. The molecule has 0 bridgehead atoms. The summed E-state index contributed by atoms with van der Waals surface area (Å²) in [5.74, 6) is -1.20. The van der Waals surface area contributed by atoms with Crippen LogP contribution in [0.3, 0.4) is 0 Å². The molecule has 2 rings (SSSR count). The second-order valence-electron chi connectivity index (χ2n) is 5.30. The highest BCUT2D eigenvalue weighted by Crippen LogP contribution is 2.34. The minimum absolute atomic E-state index is 0.0445. The van der Waals surface area contributed by atoms with Crippen LogP contribution in [0.1, 0.15) is 50.7 Å². The number of carbonyl (C=O) groups excluding carboxylic acids is 2. The molecular weight excluding hydrogens is 369 g/mol. The molecule has 140 valence electrons. The van der Waals surface area contributed by atoms with Gasteiger partial charge in [0.05, 0.1) is 17.7 Å². The van der Waals surface area contributed by atoms with E-state index in [1.807, 2.05) is 13.8 Å². The van der Waals surface area contributed by atoms with Crippen LogP contribution in [-0.4, -0.2) is 23.5 Å². The maximum atomic E-state index is 12.6. The predicted molar refractivity (Wildman–Crippen MR) is 91.6 cm³/mol. The van der Waals surface area contributed by atoms with Crippen molar-refractivity contribution >= 4 is 28.2 Å². The van der Waals surface area contributed by atoms with Gasteiger partial charge in [-0.1, -0.05) is 6.92 Å². The highest BCUT2D eigenvalue weighted by molar-refractivity contribution is 7.16. The summed E-state index contributed by atoms with van der Waals surface area (Å²) < 4.78 is 42.7. The molecule has 0 aliphatic heterocycles. The lowest BCUT2D eigenvalue weighted by atomic mass is 10.1. The molecule has 2 aromatic heterocycles. The molecule has 1 amide bonds. The summed E-state index contributed by atoms with van der Waals surface area (Å²) in [5.41, 5.74) is -0.0715. The van der Waals surface area contributed by atoms with Crippen LogP contribution in [0.25, 0.3) is 0 Å². The quantitative estimate of drug-likeness (QED) is 0.771. The Hall–Kier alpha value is -2.42. The van der Waals surface area contributed by atoms with Crippen LogP contribution in [0.15, 0.2) is 18.3 Å². The Morgan fingerprint density at radius 2 is 1.96 bits per heavy atom. The number of hydrogen-bond acceptors (Lipinski definition) is 5. The van der Waals surface area contributed by atoms with Crippen LogP contribution in [0.5, 0.6) is 0 Å². The summed E-state index contributed by atoms with van der Waals surface area (Å²) >= 11 is 1.22. The first-order valence-corrected chi connectivity index (χ1v) is 8.64. The number of nitrogens with zero attached hydrogens (tertiary/aromatic N) is 1. The Kier molecular flexibility index (Phi) is 6.01. The number of halogens is 3. The molecule has 0 radical (unpaired) electrons. The Labute approximate surface area is 152 Å². The first-order valence-electron chi connectivity index (χ1n) is 7.83. The van der Waals surface area contributed by atoms with E-state index in [1.165, 1.54) is 11.3 Å². The fraction of sp³-hybridized carbons (Fsp3) is 0.353. The van der Waals surface area contributed by atoms with Gasteiger partial charge in [0.1, 0.15) is 10.7 Å². The molecule has 2 aromatic rings. The van der Waals surface area contributed by atoms with E-state index in [0.29, 0.717) is 11.4 Å². The number of aromatic nitrogens is 1. The molecule has 2 heterocycles. The lowest BCUT2D eigenvalue weighted by Gasteiger charge is -2.09. The van der Waals surface area contributed by atoms with Crippen LogP contribution >= 0.6 is 11.3 Å². The van der Waals surface area contributed by atoms with Gasteiger partial charge in [-0.3, -0.25) is 9.78 Å². The molecule has 1 N–H and O–H groups in total. The van der Waals surface area contributed by atoms with Crippen molar-refractivity contribution in [3.8, 4) is 0 Å². The van der Waals surface area contributed by atoms with E-state index in [0.717, 1.165) is 28.8 Å². The average Bonchev–Trinajstić information content (AvgIpc) is 2.89. The van der Waals surface area contributed by atoms with Crippen LogP contribution in [0.2, 0.25) is 0 Å². The van der Waals surface area contributed by atoms with Gasteiger partial charge in [-0.25, -0.2) is 4.79 Å². The first kappa shape index (κ1) is 19.9. The number of anilines is 1. The van der Waals surface area contributed by atoms with Crippen molar-refractivity contribution < 1.29 is 27.5 Å². The molecule has 0 aromatic carbocycles. The molecule has 9 heteroatoms. The number of pyridine rings is 1. The van der Waals surface area contributed by atoms with Crippen LogP contribution in [0.4, 0.5) is 18.2 Å². The van der Waals surface area contributed by atoms with Gasteiger partial charge in [0.25, 0.3) is 5.91 Å². The number of aryl methyl sites for hydroxylation is 1. The summed E-state index contributed by atoms with van der Waals surface area (Å²) in [6.07, 6.45) is -3.15. The number of carbonyl (C=O) groups is 2. The van der Waals surface area contributed by atoms with Gasteiger partial charge in [0.2, 0.25) is 0 Å². The van der Waals surface area contributed by atoms with Gasteiger partial charge in [-0.2, -0.15) is 13.2 Å². The third-order valence-electron chi connectivity index (χ3n) is 3.59. The van der Waals surface area contributed by atoms with Crippen molar-refractivity contribution in [1.29, 1.82) is 0 Å². The van der Waals surface area contributed by atoms with E-state index < -0.39 is 23.7 Å². The van der Waals surface area contributed by atoms with Crippen molar-refractivity contribution in [2.45, 2.75) is 33.4 Å². The largest absolute Gasteiger partial charge is 0.462 e. The van der Waals surface area contributed by atoms with Crippen LogP contribution in [0, 0.1) is 6.92 Å². The van der Waals surface area contributed by atoms with Gasteiger partial charge in [0, 0.05) is 11.1 Å². The first-order chi connectivity index (χ1) is 12.2. The molecule has 0 aliphatic rings. The Bertz CT molecular complexity index is 814. The summed E-state index contributed by atoms with van der Waals surface area (Å²) in [6, 6.07) is 1.77. The van der Waals surface area contributed by atoms with Crippen molar-refractivity contribution in [3.05, 3.63) is 45.6 Å². The summed E-state index contributed by atoms with van der Waals surface area (Å²) in [7, 11) is 0. The maximum absolute atomic E-state index is 12.6. The SMILES string of the molecule is CCOC(=O)c1c(NC(=O)c2ccc(C(F)(F)F)nc2)sc(C)c1CC. The fourth-order valence-corrected chi connectivity index (χ4v) is 3.51. The number of ether oxygens (including phenoxy) is 1. The van der Waals surface area contributed by atoms with Gasteiger partial charge in [-0.15, -0.1) is 11.3 Å². The van der Waals surface area contributed by atoms with Crippen molar-refractivity contribution in [1.82, 2.24) is 4.98 Å². The summed E-state index contributed by atoms with van der Waals surface area (Å²) in [6.45, 7) is 5.56. The normalized spacial score (nSPS) is 11.3. The zero-order chi connectivity index (χ0) is 19.5. The van der Waals surface area contributed by atoms with E-state index in [-0.39, 0.29) is 17.7 Å². The van der Waals surface area contributed by atoms with E-state index in [1.54, 1.807) is 6.92 Å². The molecule has 0 aliphatic carbocycles. The van der Waals surface area contributed by atoms with Crippen LogP contribution in [-0.2, 0) is 17.3 Å². The maximum Gasteiger partial charge on any atom is 0.433 e.